The predicted molar refractivity (Wildman–Crippen MR) is 116 cm³/mol. The van der Waals surface area contributed by atoms with E-state index in [2.05, 4.69) is 20.2 Å². The largest absolute Gasteiger partial charge is 0.336 e. The van der Waals surface area contributed by atoms with E-state index >= 15 is 0 Å². The summed E-state index contributed by atoms with van der Waals surface area (Å²) in [5, 5.41) is 3.17. The molecule has 0 saturated carbocycles. The highest BCUT2D eigenvalue weighted by atomic mass is 32.2. The van der Waals surface area contributed by atoms with Crippen molar-refractivity contribution in [2.24, 2.45) is 0 Å². The molecule has 0 bridgehead atoms. The van der Waals surface area contributed by atoms with Gasteiger partial charge in [-0.1, -0.05) is 0 Å². The fraction of sp³-hybridized carbons (Fsp3) is 0.476. The Morgan fingerprint density at radius 3 is 2.23 bits per heavy atom. The van der Waals surface area contributed by atoms with Crippen molar-refractivity contribution in [3.63, 3.8) is 0 Å². The van der Waals surface area contributed by atoms with Crippen LogP contribution in [0.5, 0.6) is 0 Å². The van der Waals surface area contributed by atoms with Crippen LogP contribution in [0.4, 0.5) is 11.6 Å². The Kier molecular flexibility index (Phi) is 5.75. The van der Waals surface area contributed by atoms with Gasteiger partial charge in [-0.3, -0.25) is 9.69 Å². The number of piperazine rings is 1. The average molecular weight is 430 g/mol. The smallest absolute Gasteiger partial charge is 0.253 e. The molecule has 2 aromatic rings. The Balaban J connectivity index is 1.34. The molecule has 9 heteroatoms. The van der Waals surface area contributed by atoms with Gasteiger partial charge in [-0.15, -0.1) is 0 Å². The molecule has 1 N–H and O–H groups in total. The molecule has 1 amide bonds. The van der Waals surface area contributed by atoms with Crippen molar-refractivity contribution >= 4 is 27.4 Å². The van der Waals surface area contributed by atoms with E-state index in [1.807, 2.05) is 49.1 Å². The molecule has 160 valence electrons. The quantitative estimate of drug-likeness (QED) is 0.791. The van der Waals surface area contributed by atoms with Crippen LogP contribution in [-0.2, 0) is 9.84 Å². The normalized spacial score (nSPS) is 21.5. The fourth-order valence-corrected chi connectivity index (χ4v) is 5.90. The topological polar surface area (TPSA) is 95.5 Å². The number of carbonyl (C=O) groups is 1. The number of anilines is 2. The van der Waals surface area contributed by atoms with E-state index in [9.17, 15) is 13.2 Å². The number of nitrogens with zero attached hydrogens (tertiary/aromatic N) is 4. The molecule has 2 aliphatic heterocycles. The summed E-state index contributed by atoms with van der Waals surface area (Å²) < 4.78 is 23.4. The number of amides is 1. The van der Waals surface area contributed by atoms with Crippen molar-refractivity contribution in [2.75, 3.05) is 43.0 Å². The summed E-state index contributed by atoms with van der Waals surface area (Å²) in [4.78, 5) is 25.7. The number of rotatable bonds is 4. The van der Waals surface area contributed by atoms with Crippen molar-refractivity contribution < 1.29 is 13.2 Å². The highest BCUT2D eigenvalue weighted by Gasteiger charge is 2.34. The van der Waals surface area contributed by atoms with Gasteiger partial charge in [0.15, 0.2) is 9.84 Å². The fourth-order valence-electron chi connectivity index (χ4n) is 4.14. The lowest BCUT2D eigenvalue weighted by atomic mass is 10.1. The Bertz CT molecular complexity index is 1010. The SMILES string of the molecule is Cc1cc(C)nc(Nc2ccc(C(=O)N3CCN(C4CCS(=O)(=O)C4)CC3)cc2)n1. The number of carbonyl (C=O) groups excluding carboxylic acids is 1. The number of aromatic nitrogens is 2. The molecule has 4 rings (SSSR count). The van der Waals surface area contributed by atoms with E-state index in [0.29, 0.717) is 31.0 Å². The molecule has 0 spiro atoms. The molecule has 2 aliphatic rings. The molecular weight excluding hydrogens is 402 g/mol. The van der Waals surface area contributed by atoms with E-state index in [1.54, 1.807) is 0 Å². The van der Waals surface area contributed by atoms with Crippen LogP contribution in [0.25, 0.3) is 0 Å². The Morgan fingerprint density at radius 1 is 1.03 bits per heavy atom. The summed E-state index contributed by atoms with van der Waals surface area (Å²) >= 11 is 0. The lowest BCUT2D eigenvalue weighted by molar-refractivity contribution is 0.0588. The minimum absolute atomic E-state index is 0.00268. The maximum absolute atomic E-state index is 12.9. The molecule has 1 unspecified atom stereocenters. The standard InChI is InChI=1S/C21H27N5O3S/c1-15-13-16(2)23-21(22-15)24-18-5-3-17(4-6-18)20(27)26-10-8-25(9-11-26)19-7-12-30(28,29)14-19/h3-6,13,19H,7-12,14H2,1-2H3,(H,22,23,24). The predicted octanol–water partition coefficient (Wildman–Crippen LogP) is 1.78. The molecule has 2 fully saturated rings. The van der Waals surface area contributed by atoms with Gasteiger partial charge in [0.1, 0.15) is 0 Å². The van der Waals surface area contributed by atoms with Crippen molar-refractivity contribution in [2.45, 2.75) is 26.3 Å². The second-order valence-corrected chi connectivity index (χ2v) is 10.3. The lowest BCUT2D eigenvalue weighted by Crippen LogP contribution is -2.52. The highest BCUT2D eigenvalue weighted by Crippen LogP contribution is 2.21. The molecule has 1 aromatic heterocycles. The van der Waals surface area contributed by atoms with E-state index in [-0.39, 0.29) is 23.5 Å². The van der Waals surface area contributed by atoms with Gasteiger partial charge in [-0.05, 0) is 50.6 Å². The van der Waals surface area contributed by atoms with Crippen LogP contribution in [0.1, 0.15) is 28.2 Å². The molecular formula is C21H27N5O3S. The van der Waals surface area contributed by atoms with E-state index in [1.165, 1.54) is 0 Å². The Hall–Kier alpha value is -2.52. The summed E-state index contributed by atoms with van der Waals surface area (Å²) in [6.07, 6.45) is 0.703. The van der Waals surface area contributed by atoms with Crippen LogP contribution in [0, 0.1) is 13.8 Å². The summed E-state index contributed by atoms with van der Waals surface area (Å²) in [5.41, 5.74) is 3.25. The minimum atomic E-state index is -2.89. The van der Waals surface area contributed by atoms with Gasteiger partial charge < -0.3 is 10.2 Å². The van der Waals surface area contributed by atoms with Gasteiger partial charge in [0, 0.05) is 54.9 Å². The van der Waals surface area contributed by atoms with Gasteiger partial charge in [-0.25, -0.2) is 18.4 Å². The third-order valence-electron chi connectivity index (χ3n) is 5.70. The second-order valence-electron chi connectivity index (χ2n) is 8.06. The second kappa shape index (κ2) is 8.31. The van der Waals surface area contributed by atoms with Crippen molar-refractivity contribution in [3.05, 3.63) is 47.3 Å². The zero-order valence-electron chi connectivity index (χ0n) is 17.3. The molecule has 30 heavy (non-hydrogen) atoms. The first-order valence-electron chi connectivity index (χ1n) is 10.2. The molecule has 1 aromatic carbocycles. The minimum Gasteiger partial charge on any atom is -0.336 e. The summed E-state index contributed by atoms with van der Waals surface area (Å²) in [7, 11) is -2.89. The highest BCUT2D eigenvalue weighted by molar-refractivity contribution is 7.91. The van der Waals surface area contributed by atoms with E-state index < -0.39 is 9.84 Å². The molecule has 8 nitrogen and oxygen atoms in total. The van der Waals surface area contributed by atoms with Crippen molar-refractivity contribution in [1.29, 1.82) is 0 Å². The van der Waals surface area contributed by atoms with Gasteiger partial charge in [0.25, 0.3) is 5.91 Å². The van der Waals surface area contributed by atoms with Gasteiger partial charge in [-0.2, -0.15) is 0 Å². The number of hydrogen-bond acceptors (Lipinski definition) is 7. The average Bonchev–Trinajstić information content (AvgIpc) is 3.07. The molecule has 0 radical (unpaired) electrons. The van der Waals surface area contributed by atoms with Crippen molar-refractivity contribution in [1.82, 2.24) is 19.8 Å². The maximum atomic E-state index is 12.9. The van der Waals surface area contributed by atoms with Crippen molar-refractivity contribution in [3.8, 4) is 0 Å². The summed E-state index contributed by atoms with van der Waals surface area (Å²) in [5.74, 6) is 1.07. The monoisotopic (exact) mass is 429 g/mol. The van der Waals surface area contributed by atoms with Crippen LogP contribution < -0.4 is 5.32 Å². The number of hydrogen-bond donors (Lipinski definition) is 1. The Morgan fingerprint density at radius 2 is 1.67 bits per heavy atom. The van der Waals surface area contributed by atoms with Crippen LogP contribution in [0.3, 0.4) is 0 Å². The first-order chi connectivity index (χ1) is 14.3. The van der Waals surface area contributed by atoms with Gasteiger partial charge >= 0.3 is 0 Å². The summed E-state index contributed by atoms with van der Waals surface area (Å²) in [6, 6.07) is 9.34. The van der Waals surface area contributed by atoms with E-state index in [0.717, 1.165) is 30.2 Å². The molecule has 1 atom stereocenters. The first kappa shape index (κ1) is 20.7. The van der Waals surface area contributed by atoms with Crippen LogP contribution in [-0.4, -0.2) is 77.8 Å². The maximum Gasteiger partial charge on any atom is 0.253 e. The molecule has 0 aliphatic carbocycles. The Labute approximate surface area is 177 Å². The lowest BCUT2D eigenvalue weighted by Gasteiger charge is -2.37. The zero-order chi connectivity index (χ0) is 21.3. The number of nitrogens with one attached hydrogen (secondary N) is 1. The number of aryl methyl sites for hydroxylation is 2. The van der Waals surface area contributed by atoms with Gasteiger partial charge in [0.05, 0.1) is 11.5 Å². The molecule has 3 heterocycles. The van der Waals surface area contributed by atoms with Gasteiger partial charge in [0.2, 0.25) is 5.95 Å². The third-order valence-corrected chi connectivity index (χ3v) is 7.45. The van der Waals surface area contributed by atoms with Crippen LogP contribution in [0.2, 0.25) is 0 Å². The molecule has 2 saturated heterocycles. The third kappa shape index (κ3) is 4.79. The number of sulfone groups is 1. The zero-order valence-corrected chi connectivity index (χ0v) is 18.2. The first-order valence-corrected chi connectivity index (χ1v) is 12.0. The summed E-state index contributed by atoms with van der Waals surface area (Å²) in [6.45, 7) is 6.52. The van der Waals surface area contributed by atoms with Crippen LogP contribution >= 0.6 is 0 Å². The van der Waals surface area contributed by atoms with Crippen LogP contribution in [0.15, 0.2) is 30.3 Å². The van der Waals surface area contributed by atoms with E-state index in [4.69, 9.17) is 0 Å². The number of benzene rings is 1.